The third-order valence-electron chi connectivity index (χ3n) is 5.77. The fourth-order valence-electron chi connectivity index (χ4n) is 4.05. The molecule has 1 aliphatic carbocycles. The van der Waals surface area contributed by atoms with Gasteiger partial charge in [-0.1, -0.05) is 29.6 Å². The summed E-state index contributed by atoms with van der Waals surface area (Å²) in [6.45, 7) is 0.390. The first-order chi connectivity index (χ1) is 17.0. The lowest BCUT2D eigenvalue weighted by molar-refractivity contribution is -0.135. The Kier molecular flexibility index (Phi) is 8.04. The molecule has 0 atom stereocenters. The normalized spacial score (nSPS) is 13.7. The number of carboxylic acids is 1. The number of aromatic nitrogens is 3. The van der Waals surface area contributed by atoms with Crippen LogP contribution in [0, 0.1) is 0 Å². The fraction of sp³-hybridized carbons (Fsp3) is 0.417. The van der Waals surface area contributed by atoms with Gasteiger partial charge in [0.15, 0.2) is 11.5 Å². The second kappa shape index (κ2) is 11.4. The van der Waals surface area contributed by atoms with Crippen molar-refractivity contribution in [2.24, 2.45) is 0 Å². The lowest BCUT2D eigenvalue weighted by Crippen LogP contribution is -2.27. The molecule has 0 spiro atoms. The minimum absolute atomic E-state index is 0.154. The largest absolute Gasteiger partial charge is 0.493 e. The molecule has 4 rings (SSSR count). The molecule has 0 bridgehead atoms. The van der Waals surface area contributed by atoms with Crippen molar-refractivity contribution in [1.82, 2.24) is 20.4 Å². The molecule has 1 saturated carbocycles. The van der Waals surface area contributed by atoms with E-state index in [-0.39, 0.29) is 13.2 Å². The molecule has 1 aromatic carbocycles. The highest BCUT2D eigenvalue weighted by molar-refractivity contribution is 6.32. The van der Waals surface area contributed by atoms with E-state index in [4.69, 9.17) is 35.4 Å². The lowest BCUT2D eigenvalue weighted by Gasteiger charge is -2.13. The zero-order valence-corrected chi connectivity index (χ0v) is 20.3. The molecule has 0 radical (unpaired) electrons. The van der Waals surface area contributed by atoms with Crippen LogP contribution < -0.4 is 19.5 Å². The molecule has 186 valence electrons. The number of nitrogens with one attached hydrogen (secondary N) is 1. The van der Waals surface area contributed by atoms with Crippen molar-refractivity contribution in [1.29, 1.82) is 0 Å². The molecule has 1 aliphatic rings. The Morgan fingerprint density at radius 3 is 2.66 bits per heavy atom. The number of nitrogens with zero attached hydrogens (tertiary/aromatic N) is 3. The van der Waals surface area contributed by atoms with Gasteiger partial charge in [0.2, 0.25) is 11.7 Å². The summed E-state index contributed by atoms with van der Waals surface area (Å²) in [7, 11) is 3.09. The van der Waals surface area contributed by atoms with Crippen molar-refractivity contribution >= 4 is 17.6 Å². The minimum Gasteiger partial charge on any atom is -0.493 e. The highest BCUT2D eigenvalue weighted by Gasteiger charge is 2.22. The van der Waals surface area contributed by atoms with Crippen molar-refractivity contribution in [3.05, 3.63) is 35.0 Å². The molecule has 2 heterocycles. The minimum atomic E-state index is -0.940. The van der Waals surface area contributed by atoms with Gasteiger partial charge in [-0.25, -0.2) is 4.98 Å². The van der Waals surface area contributed by atoms with Gasteiger partial charge in [-0.15, -0.1) is 0 Å². The number of aliphatic carboxylic acids is 1. The number of pyridine rings is 1. The Bertz CT molecular complexity index is 1180. The summed E-state index contributed by atoms with van der Waals surface area (Å²) in [6, 6.07) is 7.13. The molecule has 10 nitrogen and oxygen atoms in total. The van der Waals surface area contributed by atoms with E-state index in [0.717, 1.165) is 24.1 Å². The molecule has 11 heteroatoms. The van der Waals surface area contributed by atoms with Crippen LogP contribution in [0.1, 0.15) is 37.3 Å². The molecule has 2 aromatic heterocycles. The average molecular weight is 503 g/mol. The molecule has 1 fully saturated rings. The predicted octanol–water partition coefficient (Wildman–Crippen LogP) is 4.18. The zero-order chi connectivity index (χ0) is 24.8. The summed E-state index contributed by atoms with van der Waals surface area (Å²) in [4.78, 5) is 19.8. The first-order valence-corrected chi connectivity index (χ1v) is 11.7. The third-order valence-corrected chi connectivity index (χ3v) is 6.05. The van der Waals surface area contributed by atoms with Crippen molar-refractivity contribution in [3.8, 4) is 40.2 Å². The standard InChI is InChI=1S/C24H27ClN4O6/c1-32-19-11-15(9-17(25)22(19)34-8-7-26-13-21(30)31)23-28-24(35-29-23)16-10-18(14-5-3-4-6-14)27-20(12-16)33-2/h9-12,14,26H,3-8,13H2,1-2H3,(H,30,31). The van der Waals surface area contributed by atoms with E-state index in [1.54, 1.807) is 25.3 Å². The van der Waals surface area contributed by atoms with Gasteiger partial charge in [0.1, 0.15) is 6.61 Å². The number of ether oxygens (including phenoxy) is 3. The van der Waals surface area contributed by atoms with Crippen LogP contribution in [0.15, 0.2) is 28.8 Å². The molecular weight excluding hydrogens is 476 g/mol. The molecule has 0 amide bonds. The molecular formula is C24H27ClN4O6. The summed E-state index contributed by atoms with van der Waals surface area (Å²) in [5.41, 5.74) is 2.31. The van der Waals surface area contributed by atoms with Gasteiger partial charge in [-0.3, -0.25) is 4.79 Å². The van der Waals surface area contributed by atoms with Crippen LogP contribution in [0.4, 0.5) is 0 Å². The van der Waals surface area contributed by atoms with Gasteiger partial charge in [-0.2, -0.15) is 4.98 Å². The van der Waals surface area contributed by atoms with E-state index in [9.17, 15) is 4.79 Å². The van der Waals surface area contributed by atoms with Crippen LogP contribution in [0.2, 0.25) is 5.02 Å². The molecule has 0 saturated heterocycles. The number of rotatable bonds is 11. The SMILES string of the molecule is COc1cc(-c2nc(-c3cc(Cl)c(OCCNCC(=O)O)c(OC)c3)no2)cc(C2CCCC2)n1. The Hall–Kier alpha value is -3.37. The van der Waals surface area contributed by atoms with E-state index >= 15 is 0 Å². The Labute approximate surface area is 207 Å². The number of hydrogen-bond donors (Lipinski definition) is 2. The molecule has 2 N–H and O–H groups in total. The summed E-state index contributed by atoms with van der Waals surface area (Å²) in [6.07, 6.45) is 4.61. The van der Waals surface area contributed by atoms with Gasteiger partial charge < -0.3 is 29.2 Å². The van der Waals surface area contributed by atoms with Gasteiger partial charge in [0.25, 0.3) is 5.89 Å². The number of halogens is 1. The van der Waals surface area contributed by atoms with Gasteiger partial charge in [0, 0.05) is 35.3 Å². The number of benzene rings is 1. The topological polar surface area (TPSA) is 129 Å². The summed E-state index contributed by atoms with van der Waals surface area (Å²) in [5.74, 6) is 1.40. The maximum atomic E-state index is 10.6. The van der Waals surface area contributed by atoms with Crippen LogP contribution >= 0.6 is 11.6 Å². The van der Waals surface area contributed by atoms with Crippen LogP contribution in [0.25, 0.3) is 22.8 Å². The molecule has 3 aromatic rings. The summed E-state index contributed by atoms with van der Waals surface area (Å²) < 4.78 is 22.1. The van der Waals surface area contributed by atoms with Crippen molar-refractivity contribution in [2.45, 2.75) is 31.6 Å². The third kappa shape index (κ3) is 6.01. The van der Waals surface area contributed by atoms with E-state index in [2.05, 4.69) is 20.4 Å². The first-order valence-electron chi connectivity index (χ1n) is 11.3. The van der Waals surface area contributed by atoms with E-state index in [0.29, 0.717) is 52.1 Å². The zero-order valence-electron chi connectivity index (χ0n) is 19.5. The van der Waals surface area contributed by atoms with E-state index in [1.165, 1.54) is 20.0 Å². The van der Waals surface area contributed by atoms with Crippen LogP contribution in [-0.2, 0) is 4.79 Å². The second-order valence-corrected chi connectivity index (χ2v) is 8.54. The van der Waals surface area contributed by atoms with E-state index in [1.807, 2.05) is 6.07 Å². The Morgan fingerprint density at radius 1 is 1.14 bits per heavy atom. The molecule has 0 aliphatic heterocycles. The number of carbonyl (C=O) groups is 1. The fourth-order valence-corrected chi connectivity index (χ4v) is 4.32. The second-order valence-electron chi connectivity index (χ2n) is 8.14. The Balaban J connectivity index is 1.55. The average Bonchev–Trinajstić information content (AvgIpc) is 3.57. The lowest BCUT2D eigenvalue weighted by atomic mass is 10.0. The van der Waals surface area contributed by atoms with Crippen molar-refractivity contribution < 1.29 is 28.6 Å². The maximum Gasteiger partial charge on any atom is 0.317 e. The number of hydrogen-bond acceptors (Lipinski definition) is 9. The maximum absolute atomic E-state index is 10.6. The van der Waals surface area contributed by atoms with Crippen LogP contribution in [0.3, 0.4) is 0 Å². The quantitative estimate of drug-likeness (QED) is 0.368. The van der Waals surface area contributed by atoms with Gasteiger partial charge >= 0.3 is 5.97 Å². The summed E-state index contributed by atoms with van der Waals surface area (Å²) in [5, 5.41) is 15.9. The van der Waals surface area contributed by atoms with E-state index < -0.39 is 5.97 Å². The smallest absolute Gasteiger partial charge is 0.317 e. The Morgan fingerprint density at radius 2 is 1.94 bits per heavy atom. The van der Waals surface area contributed by atoms with Gasteiger partial charge in [0.05, 0.1) is 25.8 Å². The molecule has 35 heavy (non-hydrogen) atoms. The summed E-state index contributed by atoms with van der Waals surface area (Å²) >= 11 is 6.45. The van der Waals surface area contributed by atoms with Crippen molar-refractivity contribution in [2.75, 3.05) is 33.9 Å². The van der Waals surface area contributed by atoms with Crippen LogP contribution in [0.5, 0.6) is 17.4 Å². The number of carboxylic acid groups (broad SMARTS) is 1. The monoisotopic (exact) mass is 502 g/mol. The predicted molar refractivity (Wildman–Crippen MR) is 128 cm³/mol. The highest BCUT2D eigenvalue weighted by atomic mass is 35.5. The number of methoxy groups -OCH3 is 2. The van der Waals surface area contributed by atoms with Crippen molar-refractivity contribution in [3.63, 3.8) is 0 Å². The molecule has 0 unspecified atom stereocenters. The van der Waals surface area contributed by atoms with Gasteiger partial charge in [-0.05, 0) is 31.0 Å². The van der Waals surface area contributed by atoms with Crippen LogP contribution in [-0.4, -0.2) is 60.1 Å². The first kappa shape index (κ1) is 24.7. The highest BCUT2D eigenvalue weighted by Crippen LogP contribution is 2.40.